The molecule has 1 atom stereocenters. The molecule has 0 heterocycles. The second-order valence-electron chi connectivity index (χ2n) is 5.52. The number of aryl methyl sites for hydroxylation is 1. The molecule has 2 aromatic carbocycles. The van der Waals surface area contributed by atoms with E-state index in [-0.39, 0.29) is 15.6 Å². The first kappa shape index (κ1) is 19.3. The van der Waals surface area contributed by atoms with Crippen LogP contribution >= 0.6 is 23.2 Å². The quantitative estimate of drug-likeness (QED) is 0.711. The van der Waals surface area contributed by atoms with E-state index >= 15 is 0 Å². The third-order valence-corrected chi connectivity index (χ3v) is 4.03. The van der Waals surface area contributed by atoms with Crippen LogP contribution < -0.4 is 5.73 Å². The van der Waals surface area contributed by atoms with Crippen LogP contribution in [0, 0.1) is 6.92 Å². The third kappa shape index (κ3) is 5.00. The van der Waals surface area contributed by atoms with Crippen LogP contribution in [0.15, 0.2) is 42.5 Å². The van der Waals surface area contributed by atoms with Gasteiger partial charge in [-0.15, -0.1) is 0 Å². The molecule has 25 heavy (non-hydrogen) atoms. The molecule has 1 unspecified atom stereocenters. The Labute approximate surface area is 153 Å². The van der Waals surface area contributed by atoms with E-state index in [1.54, 1.807) is 13.0 Å². The molecule has 0 aliphatic rings. The minimum Gasteiger partial charge on any atom is -0.366 e. The van der Waals surface area contributed by atoms with Gasteiger partial charge in [0.05, 0.1) is 5.92 Å². The summed E-state index contributed by atoms with van der Waals surface area (Å²) in [5.41, 5.74) is 6.60. The van der Waals surface area contributed by atoms with Crippen molar-refractivity contribution < 1.29 is 18.0 Å². The van der Waals surface area contributed by atoms with Gasteiger partial charge in [0.1, 0.15) is 0 Å². The van der Waals surface area contributed by atoms with E-state index in [9.17, 15) is 18.0 Å². The smallest absolute Gasteiger partial charge is 0.366 e. The highest BCUT2D eigenvalue weighted by atomic mass is 35.5. The van der Waals surface area contributed by atoms with Gasteiger partial charge in [0.25, 0.3) is 0 Å². The normalized spacial score (nSPS) is 13.2. The number of amides is 1. The van der Waals surface area contributed by atoms with Crippen LogP contribution in [-0.4, -0.2) is 12.1 Å². The molecule has 0 saturated carbocycles. The molecule has 7 heteroatoms. The zero-order valence-corrected chi connectivity index (χ0v) is 14.6. The van der Waals surface area contributed by atoms with Crippen molar-refractivity contribution in [2.75, 3.05) is 0 Å². The number of nitrogens with two attached hydrogens (primary N) is 1. The fraction of sp³-hybridized carbons (Fsp3) is 0.167. The first-order valence-corrected chi connectivity index (χ1v) is 7.95. The van der Waals surface area contributed by atoms with Gasteiger partial charge in [0.15, 0.2) is 0 Å². The van der Waals surface area contributed by atoms with Crippen molar-refractivity contribution in [1.82, 2.24) is 0 Å². The molecule has 0 bridgehead atoms. The number of hydrogen-bond acceptors (Lipinski definition) is 1. The van der Waals surface area contributed by atoms with Crippen molar-refractivity contribution in [2.45, 2.75) is 19.0 Å². The first-order valence-electron chi connectivity index (χ1n) is 7.19. The van der Waals surface area contributed by atoms with Gasteiger partial charge in [-0.3, -0.25) is 4.79 Å². The molecule has 0 spiro atoms. The molecule has 2 aromatic rings. The molecule has 1 amide bonds. The Bertz CT molecular complexity index is 811. The van der Waals surface area contributed by atoms with E-state index in [1.807, 2.05) is 0 Å². The summed E-state index contributed by atoms with van der Waals surface area (Å²) in [5.74, 6) is -2.45. The molecule has 2 N–H and O–H groups in total. The zero-order chi connectivity index (χ0) is 18.8. The molecular weight excluding hydrogens is 374 g/mol. The summed E-state index contributed by atoms with van der Waals surface area (Å²) in [6.07, 6.45) is -2.14. The molecule has 2 nitrogen and oxygen atoms in total. The van der Waals surface area contributed by atoms with Crippen LogP contribution in [0.5, 0.6) is 0 Å². The maximum atomic E-state index is 13.4. The van der Waals surface area contributed by atoms with Crippen LogP contribution in [0.3, 0.4) is 0 Å². The third-order valence-electron chi connectivity index (χ3n) is 3.59. The fourth-order valence-electron chi connectivity index (χ4n) is 2.44. The lowest BCUT2D eigenvalue weighted by molar-refractivity contribution is -0.139. The van der Waals surface area contributed by atoms with Crippen LogP contribution in [0.2, 0.25) is 10.0 Å². The Kier molecular flexibility index (Phi) is 5.80. The monoisotopic (exact) mass is 387 g/mol. The second-order valence-corrected chi connectivity index (χ2v) is 6.39. The number of alkyl halides is 3. The van der Waals surface area contributed by atoms with Crippen molar-refractivity contribution in [3.8, 4) is 0 Å². The minimum atomic E-state index is -4.51. The molecule has 0 saturated heterocycles. The van der Waals surface area contributed by atoms with Crippen LogP contribution in [-0.2, 0) is 0 Å². The molecule has 0 fully saturated rings. The van der Waals surface area contributed by atoms with Gasteiger partial charge in [-0.1, -0.05) is 47.5 Å². The van der Waals surface area contributed by atoms with Gasteiger partial charge in [-0.2, -0.15) is 13.2 Å². The SMILES string of the molecule is Cc1cc(/C=C/C(c2cc(Cl)cc(Cl)c2)C(F)(F)F)ccc1C(N)=O. The van der Waals surface area contributed by atoms with Gasteiger partial charge >= 0.3 is 6.18 Å². The molecular formula is C18H14Cl2F3NO. The van der Waals surface area contributed by atoms with Crippen molar-refractivity contribution in [2.24, 2.45) is 5.73 Å². The molecule has 0 aromatic heterocycles. The van der Waals surface area contributed by atoms with Crippen LogP contribution in [0.25, 0.3) is 6.08 Å². The van der Waals surface area contributed by atoms with Crippen molar-refractivity contribution in [3.63, 3.8) is 0 Å². The van der Waals surface area contributed by atoms with E-state index < -0.39 is 18.0 Å². The lowest BCUT2D eigenvalue weighted by Gasteiger charge is -2.18. The summed E-state index contributed by atoms with van der Waals surface area (Å²) in [7, 11) is 0. The fourth-order valence-corrected chi connectivity index (χ4v) is 2.98. The maximum absolute atomic E-state index is 13.4. The maximum Gasteiger partial charge on any atom is 0.399 e. The number of primary amides is 1. The number of carbonyl (C=O) groups is 1. The Morgan fingerprint density at radius 1 is 1.12 bits per heavy atom. The Balaban J connectivity index is 2.39. The Morgan fingerprint density at radius 3 is 2.20 bits per heavy atom. The van der Waals surface area contributed by atoms with Gasteiger partial charge in [-0.05, 0) is 47.9 Å². The summed E-state index contributed by atoms with van der Waals surface area (Å²) >= 11 is 11.6. The number of hydrogen-bond donors (Lipinski definition) is 1. The Morgan fingerprint density at radius 2 is 1.72 bits per heavy atom. The molecule has 2 rings (SSSR count). The van der Waals surface area contributed by atoms with E-state index in [0.29, 0.717) is 16.7 Å². The molecule has 0 aliphatic carbocycles. The van der Waals surface area contributed by atoms with Crippen molar-refractivity contribution in [3.05, 3.63) is 74.8 Å². The minimum absolute atomic E-state index is 0.0493. The van der Waals surface area contributed by atoms with Crippen molar-refractivity contribution >= 4 is 35.2 Å². The van der Waals surface area contributed by atoms with Crippen LogP contribution in [0.1, 0.15) is 33.0 Å². The number of allylic oxidation sites excluding steroid dienone is 1. The van der Waals surface area contributed by atoms with Crippen LogP contribution in [0.4, 0.5) is 13.2 Å². The number of carbonyl (C=O) groups excluding carboxylic acids is 1. The predicted molar refractivity (Wildman–Crippen MR) is 94.0 cm³/mol. The lowest BCUT2D eigenvalue weighted by Crippen LogP contribution is -2.19. The van der Waals surface area contributed by atoms with Gasteiger partial charge in [0, 0.05) is 15.6 Å². The summed E-state index contributed by atoms with van der Waals surface area (Å²) in [6, 6.07) is 8.44. The molecule has 0 radical (unpaired) electrons. The standard InChI is InChI=1S/C18H14Cl2F3NO/c1-10-6-11(2-4-15(10)17(24)25)3-5-16(18(21,22)23)12-7-13(19)9-14(20)8-12/h2-9,16H,1H3,(H2,24,25)/b5-3+. The zero-order valence-electron chi connectivity index (χ0n) is 13.1. The summed E-state index contributed by atoms with van der Waals surface area (Å²) < 4.78 is 40.3. The van der Waals surface area contributed by atoms with Gasteiger partial charge < -0.3 is 5.73 Å². The predicted octanol–water partition coefficient (Wildman–Crippen LogP) is 5.76. The van der Waals surface area contributed by atoms with E-state index in [0.717, 1.165) is 6.08 Å². The summed E-state index contributed by atoms with van der Waals surface area (Å²) in [4.78, 5) is 11.2. The van der Waals surface area contributed by atoms with E-state index in [4.69, 9.17) is 28.9 Å². The number of rotatable bonds is 4. The summed E-state index contributed by atoms with van der Waals surface area (Å²) in [5, 5.41) is 0.263. The van der Waals surface area contributed by atoms with E-state index in [2.05, 4.69) is 0 Å². The highest BCUT2D eigenvalue weighted by molar-refractivity contribution is 6.34. The van der Waals surface area contributed by atoms with Crippen molar-refractivity contribution in [1.29, 1.82) is 0 Å². The number of benzene rings is 2. The lowest BCUT2D eigenvalue weighted by atomic mass is 9.96. The van der Waals surface area contributed by atoms with E-state index in [1.165, 1.54) is 36.4 Å². The summed E-state index contributed by atoms with van der Waals surface area (Å²) in [6.45, 7) is 1.66. The largest absolute Gasteiger partial charge is 0.399 e. The molecule has 132 valence electrons. The number of halogens is 5. The second kappa shape index (κ2) is 7.50. The van der Waals surface area contributed by atoms with Gasteiger partial charge in [0.2, 0.25) is 5.91 Å². The average molecular weight is 388 g/mol. The Hall–Kier alpha value is -1.98. The first-order chi connectivity index (χ1) is 11.6. The highest BCUT2D eigenvalue weighted by Gasteiger charge is 2.39. The average Bonchev–Trinajstić information content (AvgIpc) is 2.44. The highest BCUT2D eigenvalue weighted by Crippen LogP contribution is 2.38. The van der Waals surface area contributed by atoms with Gasteiger partial charge in [-0.25, -0.2) is 0 Å². The molecule has 0 aliphatic heterocycles. The topological polar surface area (TPSA) is 43.1 Å².